The van der Waals surface area contributed by atoms with Crippen molar-refractivity contribution in [2.24, 2.45) is 7.05 Å². The Morgan fingerprint density at radius 3 is 2.46 bits per heavy atom. The third-order valence-electron chi connectivity index (χ3n) is 4.31. The van der Waals surface area contributed by atoms with Crippen molar-refractivity contribution in [3.8, 4) is 5.69 Å². The number of benzene rings is 1. The lowest BCUT2D eigenvalue weighted by molar-refractivity contribution is 0.716. The van der Waals surface area contributed by atoms with Gasteiger partial charge in [0.15, 0.2) is 5.82 Å². The van der Waals surface area contributed by atoms with E-state index >= 15 is 0 Å². The molecule has 5 heteroatoms. The largest absolute Gasteiger partial charge is 0.368 e. The van der Waals surface area contributed by atoms with Crippen LogP contribution in [0.5, 0.6) is 0 Å². The Morgan fingerprint density at radius 1 is 1.17 bits per heavy atom. The molecule has 2 heterocycles. The Morgan fingerprint density at radius 2 is 1.83 bits per heavy atom. The van der Waals surface area contributed by atoms with Crippen molar-refractivity contribution in [2.45, 2.75) is 34.1 Å². The average Bonchev–Trinajstić information content (AvgIpc) is 2.93. The standard InChI is InChI=1S/C19H24N4O/c1-6-8-20-18-15-7-9-23(17(15)19(24)22(5)21-18)16-13(3)10-12(2)11-14(16)4/h7,9-11H,6,8H2,1-5H3,(H,20,21). The van der Waals surface area contributed by atoms with Crippen molar-refractivity contribution < 1.29 is 0 Å². The Hall–Kier alpha value is -2.56. The summed E-state index contributed by atoms with van der Waals surface area (Å²) in [5.41, 5.74) is 5.20. The van der Waals surface area contributed by atoms with E-state index in [0.29, 0.717) is 5.52 Å². The predicted molar refractivity (Wildman–Crippen MR) is 99.3 cm³/mol. The van der Waals surface area contributed by atoms with Crippen LogP contribution in [0.15, 0.2) is 29.2 Å². The van der Waals surface area contributed by atoms with Crippen LogP contribution in [0.25, 0.3) is 16.6 Å². The Kier molecular flexibility index (Phi) is 4.18. The van der Waals surface area contributed by atoms with Gasteiger partial charge < -0.3 is 9.88 Å². The van der Waals surface area contributed by atoms with Gasteiger partial charge in [0.2, 0.25) is 0 Å². The number of hydrogen-bond donors (Lipinski definition) is 1. The molecule has 3 aromatic rings. The Labute approximate surface area is 141 Å². The summed E-state index contributed by atoms with van der Waals surface area (Å²) in [5.74, 6) is 0.759. The molecule has 0 unspecified atom stereocenters. The van der Waals surface area contributed by atoms with Crippen LogP contribution in [-0.2, 0) is 7.05 Å². The lowest BCUT2D eigenvalue weighted by Gasteiger charge is -2.14. The van der Waals surface area contributed by atoms with E-state index in [4.69, 9.17) is 0 Å². The normalized spacial score (nSPS) is 11.2. The van der Waals surface area contributed by atoms with Crippen molar-refractivity contribution in [2.75, 3.05) is 11.9 Å². The molecule has 1 aromatic carbocycles. The zero-order valence-electron chi connectivity index (χ0n) is 15.0. The maximum atomic E-state index is 12.8. The minimum Gasteiger partial charge on any atom is -0.368 e. The summed E-state index contributed by atoms with van der Waals surface area (Å²) in [6, 6.07) is 6.27. The van der Waals surface area contributed by atoms with Crippen molar-refractivity contribution >= 4 is 16.7 Å². The molecule has 5 nitrogen and oxygen atoms in total. The number of nitrogens with one attached hydrogen (secondary N) is 1. The fourth-order valence-corrected chi connectivity index (χ4v) is 3.36. The summed E-state index contributed by atoms with van der Waals surface area (Å²) < 4.78 is 3.41. The van der Waals surface area contributed by atoms with Crippen molar-refractivity contribution in [3.63, 3.8) is 0 Å². The van der Waals surface area contributed by atoms with Gasteiger partial charge in [-0.25, -0.2) is 4.68 Å². The predicted octanol–water partition coefficient (Wildman–Crippen LogP) is 3.47. The number of fused-ring (bicyclic) bond motifs is 1. The maximum absolute atomic E-state index is 12.8. The molecule has 0 bridgehead atoms. The van der Waals surface area contributed by atoms with Gasteiger partial charge in [-0.15, -0.1) is 0 Å². The highest BCUT2D eigenvalue weighted by Gasteiger charge is 2.16. The molecule has 0 amide bonds. The first-order valence-corrected chi connectivity index (χ1v) is 8.34. The van der Waals surface area contributed by atoms with E-state index in [0.717, 1.165) is 41.0 Å². The van der Waals surface area contributed by atoms with Crippen LogP contribution in [0, 0.1) is 20.8 Å². The number of anilines is 1. The summed E-state index contributed by atoms with van der Waals surface area (Å²) in [4.78, 5) is 12.8. The zero-order valence-corrected chi connectivity index (χ0v) is 15.0. The highest BCUT2D eigenvalue weighted by Crippen LogP contribution is 2.27. The molecule has 0 aliphatic rings. The van der Waals surface area contributed by atoms with Crippen LogP contribution in [0.4, 0.5) is 5.82 Å². The number of hydrogen-bond acceptors (Lipinski definition) is 3. The molecule has 2 aromatic heterocycles. The summed E-state index contributed by atoms with van der Waals surface area (Å²) in [6.45, 7) is 9.20. The molecular weight excluding hydrogens is 300 g/mol. The fraction of sp³-hybridized carbons (Fsp3) is 0.368. The second-order valence-corrected chi connectivity index (χ2v) is 6.40. The highest BCUT2D eigenvalue weighted by atomic mass is 16.1. The molecule has 0 fully saturated rings. The molecule has 0 saturated heterocycles. The van der Waals surface area contributed by atoms with Gasteiger partial charge in [0.1, 0.15) is 5.52 Å². The van der Waals surface area contributed by atoms with Gasteiger partial charge in [0, 0.05) is 25.2 Å². The molecule has 24 heavy (non-hydrogen) atoms. The first-order valence-electron chi connectivity index (χ1n) is 8.34. The van der Waals surface area contributed by atoms with Gasteiger partial charge in [-0.3, -0.25) is 4.79 Å². The van der Waals surface area contributed by atoms with Crippen LogP contribution in [0.2, 0.25) is 0 Å². The maximum Gasteiger partial charge on any atom is 0.291 e. The van der Waals surface area contributed by atoms with E-state index in [1.54, 1.807) is 7.05 Å². The lowest BCUT2D eigenvalue weighted by atomic mass is 10.0. The smallest absolute Gasteiger partial charge is 0.291 e. The van der Waals surface area contributed by atoms with E-state index in [2.05, 4.69) is 50.2 Å². The number of aromatic nitrogens is 3. The Balaban J connectivity index is 2.32. The molecule has 0 radical (unpaired) electrons. The van der Waals surface area contributed by atoms with Gasteiger partial charge in [0.05, 0.1) is 5.69 Å². The van der Waals surface area contributed by atoms with Gasteiger partial charge in [0.25, 0.3) is 5.56 Å². The molecule has 0 atom stereocenters. The quantitative estimate of drug-likeness (QED) is 0.799. The van der Waals surface area contributed by atoms with E-state index in [9.17, 15) is 4.79 Å². The molecule has 1 N–H and O–H groups in total. The molecular formula is C19H24N4O. The lowest BCUT2D eigenvalue weighted by Crippen LogP contribution is -2.23. The van der Waals surface area contributed by atoms with E-state index in [1.807, 2.05) is 16.8 Å². The number of rotatable bonds is 4. The first kappa shape index (κ1) is 16.3. The van der Waals surface area contributed by atoms with Crippen molar-refractivity contribution in [1.29, 1.82) is 0 Å². The minimum atomic E-state index is -0.0866. The highest BCUT2D eigenvalue weighted by molar-refractivity contribution is 5.90. The SMILES string of the molecule is CCCNc1nn(C)c(=O)c2c1ccn2-c1c(C)cc(C)cc1C. The van der Waals surface area contributed by atoms with Crippen LogP contribution in [0.3, 0.4) is 0 Å². The summed E-state index contributed by atoms with van der Waals surface area (Å²) in [6.07, 6.45) is 2.97. The topological polar surface area (TPSA) is 51.9 Å². The van der Waals surface area contributed by atoms with Crippen molar-refractivity contribution in [3.05, 3.63) is 51.4 Å². The molecule has 126 valence electrons. The van der Waals surface area contributed by atoms with Gasteiger partial charge in [-0.1, -0.05) is 24.6 Å². The molecule has 0 saturated carbocycles. The summed E-state index contributed by atoms with van der Waals surface area (Å²) in [5, 5.41) is 8.58. The van der Waals surface area contributed by atoms with Crippen LogP contribution >= 0.6 is 0 Å². The van der Waals surface area contributed by atoms with E-state index in [-0.39, 0.29) is 5.56 Å². The second kappa shape index (κ2) is 6.15. The van der Waals surface area contributed by atoms with Gasteiger partial charge >= 0.3 is 0 Å². The van der Waals surface area contributed by atoms with E-state index < -0.39 is 0 Å². The molecule has 0 spiro atoms. The number of nitrogens with zero attached hydrogens (tertiary/aromatic N) is 3. The van der Waals surface area contributed by atoms with Crippen LogP contribution < -0.4 is 10.9 Å². The van der Waals surface area contributed by atoms with Gasteiger partial charge in [-0.2, -0.15) is 5.10 Å². The molecule has 0 aliphatic carbocycles. The summed E-state index contributed by atoms with van der Waals surface area (Å²) in [7, 11) is 1.70. The van der Waals surface area contributed by atoms with Crippen molar-refractivity contribution in [1.82, 2.24) is 14.3 Å². The fourth-order valence-electron chi connectivity index (χ4n) is 3.36. The first-order chi connectivity index (χ1) is 11.4. The van der Waals surface area contributed by atoms with Gasteiger partial charge in [-0.05, 0) is 44.4 Å². The second-order valence-electron chi connectivity index (χ2n) is 6.40. The monoisotopic (exact) mass is 324 g/mol. The third-order valence-corrected chi connectivity index (χ3v) is 4.31. The van der Waals surface area contributed by atoms with E-state index in [1.165, 1.54) is 10.2 Å². The average molecular weight is 324 g/mol. The third kappa shape index (κ3) is 2.60. The van der Waals surface area contributed by atoms with Crippen LogP contribution in [0.1, 0.15) is 30.0 Å². The molecule has 0 aliphatic heterocycles. The Bertz CT molecular complexity index is 942. The summed E-state index contributed by atoms with van der Waals surface area (Å²) >= 11 is 0. The molecule has 3 rings (SSSR count). The minimum absolute atomic E-state index is 0.0866. The number of aryl methyl sites for hydroxylation is 4. The van der Waals surface area contributed by atoms with Crippen LogP contribution in [-0.4, -0.2) is 20.9 Å². The zero-order chi connectivity index (χ0) is 17.4.